The molecule has 3 rings (SSSR count). The molecule has 1 fully saturated rings. The van der Waals surface area contributed by atoms with Crippen LogP contribution in [0.15, 0.2) is 42.7 Å². The van der Waals surface area contributed by atoms with E-state index < -0.39 is 5.91 Å². The Balaban J connectivity index is 1.89. The fourth-order valence-corrected chi connectivity index (χ4v) is 3.29. The van der Waals surface area contributed by atoms with Crippen LogP contribution >= 0.6 is 0 Å². The third kappa shape index (κ3) is 3.13. The summed E-state index contributed by atoms with van der Waals surface area (Å²) < 4.78 is 0. The smallest absolute Gasteiger partial charge is 0.250 e. The fourth-order valence-electron chi connectivity index (χ4n) is 3.29. The van der Waals surface area contributed by atoms with E-state index in [1.807, 2.05) is 12.1 Å². The number of nitrogens with two attached hydrogens (primary N) is 1. The molecule has 1 aromatic heterocycles. The lowest BCUT2D eigenvalue weighted by Gasteiger charge is -2.39. The fraction of sp³-hybridized carbons (Fsp3) is 0.333. The van der Waals surface area contributed by atoms with E-state index >= 15 is 0 Å². The Kier molecular flexibility index (Phi) is 4.19. The Bertz CT molecular complexity index is 700. The van der Waals surface area contributed by atoms with Crippen molar-refractivity contribution in [2.24, 2.45) is 11.7 Å². The van der Waals surface area contributed by atoms with E-state index in [0.29, 0.717) is 17.4 Å². The Morgan fingerprint density at radius 3 is 2.74 bits per heavy atom. The number of hydrogen-bond donors (Lipinski definition) is 2. The number of anilines is 1. The minimum Gasteiger partial charge on any atom is -0.508 e. The number of aromatic nitrogens is 1. The summed E-state index contributed by atoms with van der Waals surface area (Å²) in [6.45, 7) is 3.92. The van der Waals surface area contributed by atoms with Crippen molar-refractivity contribution in [3.05, 3.63) is 53.9 Å². The van der Waals surface area contributed by atoms with Crippen molar-refractivity contribution in [3.8, 4) is 5.75 Å². The Labute approximate surface area is 135 Å². The molecular formula is C18H21N3O2. The van der Waals surface area contributed by atoms with Gasteiger partial charge in [0.1, 0.15) is 5.75 Å². The molecule has 0 unspecified atom stereocenters. The lowest BCUT2D eigenvalue weighted by molar-refractivity contribution is 0.100. The number of pyridine rings is 1. The number of phenols is 1. The molecule has 5 heteroatoms. The molecular weight excluding hydrogens is 290 g/mol. The van der Waals surface area contributed by atoms with Crippen LogP contribution in [-0.2, 0) is 0 Å². The summed E-state index contributed by atoms with van der Waals surface area (Å²) in [5.41, 5.74) is 8.00. The first kappa shape index (κ1) is 15.3. The van der Waals surface area contributed by atoms with Crippen LogP contribution in [0.5, 0.6) is 5.75 Å². The van der Waals surface area contributed by atoms with Gasteiger partial charge in [0.25, 0.3) is 5.91 Å². The Morgan fingerprint density at radius 2 is 2.04 bits per heavy atom. The number of carbonyl (C=O) groups excluding carboxylic acids is 1. The zero-order valence-corrected chi connectivity index (χ0v) is 13.1. The first-order chi connectivity index (χ1) is 11.1. The number of phenolic OH excluding ortho intramolecular Hbond substituents is 1. The second kappa shape index (κ2) is 6.28. The molecule has 1 saturated heterocycles. The number of nitrogens with zero attached hydrogens (tertiary/aromatic N) is 2. The van der Waals surface area contributed by atoms with E-state index in [-0.39, 0.29) is 5.75 Å². The van der Waals surface area contributed by atoms with E-state index in [2.05, 4.69) is 16.8 Å². The van der Waals surface area contributed by atoms with Gasteiger partial charge in [-0.3, -0.25) is 9.78 Å². The van der Waals surface area contributed by atoms with Crippen molar-refractivity contribution in [2.75, 3.05) is 18.0 Å². The van der Waals surface area contributed by atoms with Crippen LogP contribution < -0.4 is 10.6 Å². The zero-order valence-electron chi connectivity index (χ0n) is 13.1. The van der Waals surface area contributed by atoms with Crippen molar-refractivity contribution < 1.29 is 9.90 Å². The van der Waals surface area contributed by atoms with E-state index in [0.717, 1.165) is 25.2 Å². The minimum atomic E-state index is -0.429. The lowest BCUT2D eigenvalue weighted by Crippen LogP contribution is -2.39. The molecule has 2 aromatic rings. The number of aromatic hydroxyl groups is 1. The molecule has 2 atom stereocenters. The van der Waals surface area contributed by atoms with Crippen molar-refractivity contribution in [3.63, 3.8) is 0 Å². The molecule has 0 bridgehead atoms. The average Bonchev–Trinajstić information content (AvgIpc) is 2.56. The number of amides is 1. The van der Waals surface area contributed by atoms with E-state index in [4.69, 9.17) is 5.73 Å². The predicted molar refractivity (Wildman–Crippen MR) is 89.6 cm³/mol. The number of rotatable bonds is 3. The Hall–Kier alpha value is -2.56. The Morgan fingerprint density at radius 1 is 1.30 bits per heavy atom. The van der Waals surface area contributed by atoms with Crippen LogP contribution in [0.3, 0.4) is 0 Å². The van der Waals surface area contributed by atoms with Crippen molar-refractivity contribution in [2.45, 2.75) is 19.3 Å². The lowest BCUT2D eigenvalue weighted by atomic mass is 9.81. The van der Waals surface area contributed by atoms with E-state index in [9.17, 15) is 9.90 Å². The highest BCUT2D eigenvalue weighted by atomic mass is 16.3. The summed E-state index contributed by atoms with van der Waals surface area (Å²) >= 11 is 0. The van der Waals surface area contributed by atoms with Gasteiger partial charge in [-0.25, -0.2) is 0 Å². The van der Waals surface area contributed by atoms with Gasteiger partial charge in [-0.2, -0.15) is 0 Å². The van der Waals surface area contributed by atoms with Crippen LogP contribution in [-0.4, -0.2) is 29.1 Å². The molecule has 1 aliphatic heterocycles. The second-order valence-corrected chi connectivity index (χ2v) is 6.17. The average molecular weight is 311 g/mol. The molecule has 0 radical (unpaired) electrons. The van der Waals surface area contributed by atoms with E-state index in [1.165, 1.54) is 5.56 Å². The molecule has 1 aromatic carbocycles. The molecule has 23 heavy (non-hydrogen) atoms. The van der Waals surface area contributed by atoms with Gasteiger partial charge in [-0.05, 0) is 36.1 Å². The normalized spacial score (nSPS) is 21.2. The third-order valence-electron chi connectivity index (χ3n) is 4.69. The summed E-state index contributed by atoms with van der Waals surface area (Å²) in [6, 6.07) is 9.06. The maximum Gasteiger partial charge on any atom is 0.250 e. The number of carbonyl (C=O) groups is 1. The van der Waals surface area contributed by atoms with Crippen LogP contribution in [0, 0.1) is 5.92 Å². The topological polar surface area (TPSA) is 79.5 Å². The largest absolute Gasteiger partial charge is 0.508 e. The monoisotopic (exact) mass is 311 g/mol. The van der Waals surface area contributed by atoms with Gasteiger partial charge in [0.15, 0.2) is 0 Å². The predicted octanol–water partition coefficient (Wildman–Crippen LogP) is 2.52. The minimum absolute atomic E-state index is 0.275. The SMILES string of the molecule is C[C@@H]1CCN(c2cnccc2C(N)=O)C[C@@H]1c1ccc(O)cc1. The van der Waals surface area contributed by atoms with Gasteiger partial charge in [-0.1, -0.05) is 19.1 Å². The standard InChI is InChI=1S/C18H21N3O2/c1-12-7-9-21(17-10-20-8-6-15(17)18(19)23)11-16(12)13-2-4-14(22)5-3-13/h2-6,8,10,12,16,22H,7,9,11H2,1H3,(H2,19,23)/t12-,16+/m1/s1. The van der Waals surface area contributed by atoms with Gasteiger partial charge in [0.2, 0.25) is 0 Å². The number of benzene rings is 1. The molecule has 1 aliphatic rings. The first-order valence-electron chi connectivity index (χ1n) is 7.84. The van der Waals surface area contributed by atoms with Gasteiger partial charge in [0, 0.05) is 25.2 Å². The molecule has 0 aliphatic carbocycles. The van der Waals surface area contributed by atoms with Crippen LogP contribution in [0.2, 0.25) is 0 Å². The quantitative estimate of drug-likeness (QED) is 0.913. The molecule has 2 heterocycles. The number of hydrogen-bond acceptors (Lipinski definition) is 4. The van der Waals surface area contributed by atoms with Crippen molar-refractivity contribution >= 4 is 11.6 Å². The van der Waals surface area contributed by atoms with Crippen molar-refractivity contribution in [1.29, 1.82) is 0 Å². The van der Waals surface area contributed by atoms with Crippen LogP contribution in [0.25, 0.3) is 0 Å². The van der Waals surface area contributed by atoms with Gasteiger partial charge in [0.05, 0.1) is 17.4 Å². The summed E-state index contributed by atoms with van der Waals surface area (Å²) in [4.78, 5) is 18.0. The molecule has 120 valence electrons. The van der Waals surface area contributed by atoms with Crippen LogP contribution in [0.4, 0.5) is 5.69 Å². The molecule has 5 nitrogen and oxygen atoms in total. The first-order valence-corrected chi connectivity index (χ1v) is 7.84. The van der Waals surface area contributed by atoms with Gasteiger partial charge in [-0.15, -0.1) is 0 Å². The zero-order chi connectivity index (χ0) is 16.4. The summed E-state index contributed by atoms with van der Waals surface area (Å²) in [5, 5.41) is 9.48. The van der Waals surface area contributed by atoms with E-state index in [1.54, 1.807) is 30.6 Å². The molecule has 3 N–H and O–H groups in total. The summed E-state index contributed by atoms with van der Waals surface area (Å²) in [5.74, 6) is 0.717. The summed E-state index contributed by atoms with van der Waals surface area (Å²) in [6.07, 6.45) is 4.33. The van der Waals surface area contributed by atoms with Gasteiger partial charge >= 0.3 is 0 Å². The van der Waals surface area contributed by atoms with Crippen molar-refractivity contribution in [1.82, 2.24) is 4.98 Å². The summed E-state index contributed by atoms with van der Waals surface area (Å²) in [7, 11) is 0. The third-order valence-corrected chi connectivity index (χ3v) is 4.69. The second-order valence-electron chi connectivity index (χ2n) is 6.17. The molecule has 0 spiro atoms. The highest BCUT2D eigenvalue weighted by molar-refractivity contribution is 5.98. The maximum absolute atomic E-state index is 11.7. The maximum atomic E-state index is 11.7. The molecule has 1 amide bonds. The highest BCUT2D eigenvalue weighted by Crippen LogP contribution is 2.35. The molecule has 0 saturated carbocycles. The van der Waals surface area contributed by atoms with Crippen LogP contribution in [0.1, 0.15) is 35.2 Å². The van der Waals surface area contributed by atoms with Gasteiger partial charge < -0.3 is 15.7 Å². The number of primary amides is 1. The number of piperidine rings is 1. The highest BCUT2D eigenvalue weighted by Gasteiger charge is 2.29.